The number of rotatable bonds is 1. The first-order chi connectivity index (χ1) is 14.0. The maximum Gasteiger partial charge on any atom is 0.228 e. The van der Waals surface area contributed by atoms with E-state index in [1.54, 1.807) is 0 Å². The molecule has 0 saturated carbocycles. The molecule has 0 atom stereocenters. The summed E-state index contributed by atoms with van der Waals surface area (Å²) in [6.45, 7) is 6.62. The molecule has 5 aromatic rings. The molecule has 0 N–H and O–H groups in total. The average Bonchev–Trinajstić information content (AvgIpc) is 3.08. The predicted octanol–water partition coefficient (Wildman–Crippen LogP) is 6.77. The van der Waals surface area contributed by atoms with E-state index < -0.39 is 0 Å². The Labute approximate surface area is 169 Å². The van der Waals surface area contributed by atoms with Gasteiger partial charge >= 0.3 is 0 Å². The van der Waals surface area contributed by atoms with Gasteiger partial charge < -0.3 is 9.15 Å². The molecular formula is C26H22NO2+. The summed E-state index contributed by atoms with van der Waals surface area (Å²) in [6, 6.07) is 17.0. The summed E-state index contributed by atoms with van der Waals surface area (Å²) in [5.74, 6) is 2.24. The van der Waals surface area contributed by atoms with Crippen molar-refractivity contribution in [2.24, 2.45) is 7.05 Å². The van der Waals surface area contributed by atoms with Gasteiger partial charge in [-0.1, -0.05) is 38.1 Å². The van der Waals surface area contributed by atoms with E-state index >= 15 is 0 Å². The van der Waals surface area contributed by atoms with E-state index in [2.05, 4.69) is 75.0 Å². The highest BCUT2D eigenvalue weighted by molar-refractivity contribution is 6.12. The van der Waals surface area contributed by atoms with E-state index in [1.807, 2.05) is 12.1 Å². The van der Waals surface area contributed by atoms with Crippen LogP contribution in [0.3, 0.4) is 0 Å². The zero-order valence-corrected chi connectivity index (χ0v) is 17.0. The fraction of sp³-hybridized carbons (Fsp3) is 0.192. The minimum atomic E-state index is 0.442. The van der Waals surface area contributed by atoms with Gasteiger partial charge in [-0.15, -0.1) is 0 Å². The average molecular weight is 380 g/mol. The minimum Gasteiger partial charge on any atom is -0.456 e. The smallest absolute Gasteiger partial charge is 0.228 e. The summed E-state index contributed by atoms with van der Waals surface area (Å²) in [5, 5.41) is 4.73. The van der Waals surface area contributed by atoms with Crippen molar-refractivity contribution in [1.82, 2.24) is 0 Å². The summed E-state index contributed by atoms with van der Waals surface area (Å²) >= 11 is 0. The van der Waals surface area contributed by atoms with Gasteiger partial charge in [0, 0.05) is 22.9 Å². The first kappa shape index (κ1) is 16.6. The van der Waals surface area contributed by atoms with Gasteiger partial charge in [0.25, 0.3) is 0 Å². The van der Waals surface area contributed by atoms with Crippen LogP contribution in [-0.4, -0.2) is 0 Å². The number of aryl methyl sites for hydroxylation is 2. The van der Waals surface area contributed by atoms with Crippen molar-refractivity contribution in [2.45, 2.75) is 26.7 Å². The normalized spacial score (nSPS) is 12.7. The fourth-order valence-corrected chi connectivity index (χ4v) is 4.75. The van der Waals surface area contributed by atoms with Crippen LogP contribution < -0.4 is 9.30 Å². The van der Waals surface area contributed by atoms with Crippen molar-refractivity contribution in [2.75, 3.05) is 0 Å². The monoisotopic (exact) mass is 380 g/mol. The lowest BCUT2D eigenvalue weighted by Crippen LogP contribution is -2.31. The Morgan fingerprint density at radius 1 is 0.897 bits per heavy atom. The van der Waals surface area contributed by atoms with E-state index in [0.717, 1.165) is 33.6 Å². The Balaban J connectivity index is 1.78. The number of para-hydroxylation sites is 1. The van der Waals surface area contributed by atoms with Gasteiger partial charge in [0.1, 0.15) is 29.7 Å². The van der Waals surface area contributed by atoms with Crippen LogP contribution >= 0.6 is 0 Å². The molecule has 0 radical (unpaired) electrons. The van der Waals surface area contributed by atoms with Crippen molar-refractivity contribution >= 4 is 32.7 Å². The summed E-state index contributed by atoms with van der Waals surface area (Å²) in [5.41, 5.74) is 6.64. The Hall–Kier alpha value is -3.33. The molecular weight excluding hydrogens is 358 g/mol. The lowest BCUT2D eigenvalue weighted by atomic mass is 9.91. The molecule has 3 aromatic carbocycles. The highest BCUT2D eigenvalue weighted by Gasteiger charge is 2.31. The van der Waals surface area contributed by atoms with Crippen molar-refractivity contribution < 1.29 is 13.7 Å². The maximum absolute atomic E-state index is 6.51. The summed E-state index contributed by atoms with van der Waals surface area (Å²) in [6.07, 6.45) is 2.15. The SMILES string of the molecule is Cc1c2c(cc3oc4ccccc4c13)Oc1cc(C(C)C)cc3cc[n+](C)c-2c13. The van der Waals surface area contributed by atoms with Crippen molar-refractivity contribution in [3.8, 4) is 22.8 Å². The minimum absolute atomic E-state index is 0.442. The quantitative estimate of drug-likeness (QED) is 0.294. The third-order valence-electron chi connectivity index (χ3n) is 6.23. The first-order valence-electron chi connectivity index (χ1n) is 10.1. The number of benzene rings is 3. The zero-order chi connectivity index (χ0) is 19.9. The highest BCUT2D eigenvalue weighted by atomic mass is 16.5. The third-order valence-corrected chi connectivity index (χ3v) is 6.23. The standard InChI is InChI=1S/C26H22NO2/c1-14(2)17-11-16-9-10-27(4)26-24-15(3)23-18-7-5-6-8-19(18)28-21(23)13-22(24)29-20(12-17)25(16)26/h5-14H,1-4H3/q+1. The van der Waals surface area contributed by atoms with Crippen LogP contribution in [-0.2, 0) is 7.05 Å². The number of furan rings is 1. The molecule has 1 aliphatic heterocycles. The molecule has 3 nitrogen and oxygen atoms in total. The summed E-state index contributed by atoms with van der Waals surface area (Å²) < 4.78 is 14.9. The molecule has 29 heavy (non-hydrogen) atoms. The summed E-state index contributed by atoms with van der Waals surface area (Å²) in [4.78, 5) is 0. The molecule has 3 heteroatoms. The number of pyridine rings is 1. The highest BCUT2D eigenvalue weighted by Crippen LogP contribution is 2.50. The first-order valence-corrected chi connectivity index (χ1v) is 10.1. The van der Waals surface area contributed by atoms with Gasteiger partial charge in [-0.2, -0.15) is 0 Å². The lowest BCUT2D eigenvalue weighted by Gasteiger charge is -2.22. The molecule has 0 amide bonds. The van der Waals surface area contributed by atoms with Crippen molar-refractivity contribution in [3.05, 3.63) is 65.9 Å². The van der Waals surface area contributed by atoms with Crippen LogP contribution in [0.4, 0.5) is 0 Å². The molecule has 0 unspecified atom stereocenters. The van der Waals surface area contributed by atoms with Crippen LogP contribution in [0, 0.1) is 6.92 Å². The van der Waals surface area contributed by atoms with Gasteiger partial charge in [0.2, 0.25) is 5.69 Å². The van der Waals surface area contributed by atoms with Gasteiger partial charge in [-0.3, -0.25) is 0 Å². The van der Waals surface area contributed by atoms with Crippen LogP contribution in [0.2, 0.25) is 0 Å². The second kappa shape index (κ2) is 5.60. The molecule has 3 heterocycles. The van der Waals surface area contributed by atoms with Crippen LogP contribution in [0.1, 0.15) is 30.9 Å². The topological polar surface area (TPSA) is 26.2 Å². The number of hydrogen-bond donors (Lipinski definition) is 0. The number of hydrogen-bond acceptors (Lipinski definition) is 2. The molecule has 2 aromatic heterocycles. The van der Waals surface area contributed by atoms with Gasteiger partial charge in [-0.05, 0) is 41.5 Å². The molecule has 1 aliphatic rings. The van der Waals surface area contributed by atoms with E-state index in [9.17, 15) is 0 Å². The number of aromatic nitrogens is 1. The van der Waals surface area contributed by atoms with Crippen LogP contribution in [0.15, 0.2) is 59.1 Å². The van der Waals surface area contributed by atoms with Crippen LogP contribution in [0.5, 0.6) is 11.5 Å². The van der Waals surface area contributed by atoms with E-state index in [-0.39, 0.29) is 0 Å². The molecule has 6 rings (SSSR count). The molecule has 0 saturated heterocycles. The number of ether oxygens (including phenoxy) is 1. The molecule has 142 valence electrons. The van der Waals surface area contributed by atoms with E-state index in [0.29, 0.717) is 5.92 Å². The largest absolute Gasteiger partial charge is 0.456 e. The second-order valence-electron chi connectivity index (χ2n) is 8.36. The number of nitrogens with zero attached hydrogens (tertiary/aromatic N) is 1. The lowest BCUT2D eigenvalue weighted by molar-refractivity contribution is -0.659. The Morgan fingerprint density at radius 3 is 2.55 bits per heavy atom. The molecule has 0 fully saturated rings. The second-order valence-corrected chi connectivity index (χ2v) is 8.36. The third kappa shape index (κ3) is 2.16. The predicted molar refractivity (Wildman–Crippen MR) is 117 cm³/mol. The number of fused-ring (bicyclic) bond motifs is 5. The fourth-order valence-electron chi connectivity index (χ4n) is 4.75. The summed E-state index contributed by atoms with van der Waals surface area (Å²) in [7, 11) is 2.11. The molecule has 0 spiro atoms. The Morgan fingerprint density at radius 2 is 1.72 bits per heavy atom. The van der Waals surface area contributed by atoms with Crippen LogP contribution in [0.25, 0.3) is 44.0 Å². The van der Waals surface area contributed by atoms with Crippen molar-refractivity contribution in [1.29, 1.82) is 0 Å². The molecule has 0 aliphatic carbocycles. The van der Waals surface area contributed by atoms with Gasteiger partial charge in [0.15, 0.2) is 6.20 Å². The van der Waals surface area contributed by atoms with Gasteiger partial charge in [-0.25, -0.2) is 4.57 Å². The van der Waals surface area contributed by atoms with E-state index in [1.165, 1.54) is 33.0 Å². The van der Waals surface area contributed by atoms with E-state index in [4.69, 9.17) is 9.15 Å². The Kier molecular flexibility index (Phi) is 3.21. The zero-order valence-electron chi connectivity index (χ0n) is 17.0. The van der Waals surface area contributed by atoms with Crippen molar-refractivity contribution in [3.63, 3.8) is 0 Å². The Bertz CT molecular complexity index is 1470. The van der Waals surface area contributed by atoms with Gasteiger partial charge in [0.05, 0.1) is 10.9 Å². The molecule has 0 bridgehead atoms. The maximum atomic E-state index is 6.51.